The van der Waals surface area contributed by atoms with Crippen molar-refractivity contribution in [1.29, 1.82) is 0 Å². The number of pyridine rings is 1. The number of hydrogen-bond acceptors (Lipinski definition) is 7. The summed E-state index contributed by atoms with van der Waals surface area (Å²) in [4.78, 5) is 18.5. The molecule has 0 spiro atoms. The van der Waals surface area contributed by atoms with Crippen LogP contribution in [0.4, 0.5) is 14.5 Å². The molecule has 2 saturated heterocycles. The maximum Gasteiger partial charge on any atom is 0.387 e. The third-order valence-corrected chi connectivity index (χ3v) is 8.57. The van der Waals surface area contributed by atoms with Gasteiger partial charge >= 0.3 is 6.61 Å². The van der Waals surface area contributed by atoms with E-state index in [0.29, 0.717) is 29.1 Å². The van der Waals surface area contributed by atoms with Crippen LogP contribution < -0.4 is 19.7 Å². The number of anilines is 1. The van der Waals surface area contributed by atoms with Gasteiger partial charge in [0.05, 0.1) is 13.2 Å². The van der Waals surface area contributed by atoms with Crippen molar-refractivity contribution in [3.8, 4) is 16.9 Å². The van der Waals surface area contributed by atoms with E-state index in [1.165, 1.54) is 17.8 Å². The summed E-state index contributed by atoms with van der Waals surface area (Å²) in [5.74, 6) is -0.675. The van der Waals surface area contributed by atoms with Crippen LogP contribution in [0.1, 0.15) is 52.5 Å². The standard InChI is InChI=1S/C34H42F2N4O5/c1-4-39(28-9-13-43-14-10-28)30-19-27(26-7-5-25(6-8-26)22-38-11-15-44-16-12-38)18-29(24(30)3)33(41)37-20-31-32(45-34(35)36)17-23(2)21-40(31)42/h5-8,17-19,21,28,34H,4,9-16,20,22H2,1-3H3,(H,37,41). The van der Waals surface area contributed by atoms with Gasteiger partial charge in [0.2, 0.25) is 0 Å². The molecule has 0 radical (unpaired) electrons. The van der Waals surface area contributed by atoms with E-state index in [9.17, 15) is 18.8 Å². The van der Waals surface area contributed by atoms with E-state index >= 15 is 0 Å². The highest BCUT2D eigenvalue weighted by Crippen LogP contribution is 2.34. The van der Waals surface area contributed by atoms with Crippen LogP contribution in [0.3, 0.4) is 0 Å². The van der Waals surface area contributed by atoms with Crippen molar-refractivity contribution in [2.75, 3.05) is 51.0 Å². The van der Waals surface area contributed by atoms with Crippen LogP contribution in [0, 0.1) is 19.1 Å². The minimum atomic E-state index is -3.10. The molecule has 0 atom stereocenters. The fourth-order valence-electron chi connectivity index (χ4n) is 6.16. The molecule has 1 aromatic heterocycles. The molecule has 1 amide bonds. The van der Waals surface area contributed by atoms with Crippen molar-refractivity contribution in [3.63, 3.8) is 0 Å². The lowest BCUT2D eigenvalue weighted by atomic mass is 9.94. The lowest BCUT2D eigenvalue weighted by molar-refractivity contribution is -0.615. The average molecular weight is 625 g/mol. The van der Waals surface area contributed by atoms with Gasteiger partial charge in [0, 0.05) is 62.2 Å². The second-order valence-electron chi connectivity index (χ2n) is 11.6. The second-order valence-corrected chi connectivity index (χ2v) is 11.6. The van der Waals surface area contributed by atoms with Gasteiger partial charge in [-0.2, -0.15) is 13.5 Å². The Balaban J connectivity index is 1.46. The minimum absolute atomic E-state index is 0.100. The van der Waals surface area contributed by atoms with Crippen LogP contribution in [0.2, 0.25) is 0 Å². The van der Waals surface area contributed by atoms with Gasteiger partial charge in [-0.25, -0.2) is 0 Å². The fourth-order valence-corrected chi connectivity index (χ4v) is 6.16. The molecule has 0 unspecified atom stereocenters. The van der Waals surface area contributed by atoms with Crippen LogP contribution in [0.25, 0.3) is 11.1 Å². The Morgan fingerprint density at radius 1 is 1.07 bits per heavy atom. The number of halogens is 2. The maximum absolute atomic E-state index is 13.8. The molecule has 2 aliphatic heterocycles. The molecule has 1 N–H and O–H groups in total. The van der Waals surface area contributed by atoms with E-state index in [-0.39, 0.29) is 24.0 Å². The summed E-state index contributed by atoms with van der Waals surface area (Å²) in [6, 6.07) is 14.0. The lowest BCUT2D eigenvalue weighted by Crippen LogP contribution is -2.40. The number of hydrogen-bond donors (Lipinski definition) is 1. The number of aryl methyl sites for hydroxylation is 1. The summed E-state index contributed by atoms with van der Waals surface area (Å²) in [5, 5.41) is 15.4. The van der Waals surface area contributed by atoms with E-state index in [2.05, 4.69) is 57.1 Å². The Hall–Kier alpha value is -3.80. The summed E-state index contributed by atoms with van der Waals surface area (Å²) in [6.45, 7) is 8.54. The molecule has 2 aromatic carbocycles. The number of rotatable bonds is 11. The molecular formula is C34H42F2N4O5. The SMILES string of the molecule is CCN(c1cc(-c2ccc(CN3CCOCC3)cc2)cc(C(=O)NCc2c(OC(F)F)cc(C)c[n+]2[O-])c1C)C1CCOCC1. The molecular weight excluding hydrogens is 582 g/mol. The molecule has 3 heterocycles. The Morgan fingerprint density at radius 3 is 2.42 bits per heavy atom. The molecule has 9 nitrogen and oxygen atoms in total. The molecule has 0 saturated carbocycles. The molecule has 242 valence electrons. The van der Waals surface area contributed by atoms with Gasteiger partial charge in [-0.05, 0) is 74.1 Å². The Kier molecular flexibility index (Phi) is 10.9. The van der Waals surface area contributed by atoms with Gasteiger partial charge in [0.15, 0.2) is 11.9 Å². The molecule has 0 bridgehead atoms. The van der Waals surface area contributed by atoms with Gasteiger partial charge in [0.25, 0.3) is 11.6 Å². The number of alkyl halides is 2. The zero-order valence-electron chi connectivity index (χ0n) is 26.2. The molecule has 2 aliphatic rings. The number of amides is 1. The molecule has 3 aromatic rings. The monoisotopic (exact) mass is 624 g/mol. The van der Waals surface area contributed by atoms with E-state index in [4.69, 9.17) is 9.47 Å². The third kappa shape index (κ3) is 8.08. The highest BCUT2D eigenvalue weighted by molar-refractivity contribution is 5.99. The van der Waals surface area contributed by atoms with Gasteiger partial charge in [-0.3, -0.25) is 9.69 Å². The van der Waals surface area contributed by atoms with E-state index in [0.717, 1.165) is 74.6 Å². The van der Waals surface area contributed by atoms with Crippen molar-refractivity contribution in [2.45, 2.75) is 59.4 Å². The van der Waals surface area contributed by atoms with Gasteiger partial charge < -0.3 is 29.6 Å². The lowest BCUT2D eigenvalue weighted by Gasteiger charge is -2.37. The molecule has 11 heteroatoms. The first-order chi connectivity index (χ1) is 21.7. The first-order valence-electron chi connectivity index (χ1n) is 15.6. The van der Waals surface area contributed by atoms with Crippen molar-refractivity contribution < 1.29 is 32.5 Å². The summed E-state index contributed by atoms with van der Waals surface area (Å²) in [7, 11) is 0. The van der Waals surface area contributed by atoms with Crippen LogP contribution >= 0.6 is 0 Å². The fraction of sp³-hybridized carbons (Fsp3) is 0.471. The Labute approximate surface area is 263 Å². The maximum atomic E-state index is 13.8. The molecule has 45 heavy (non-hydrogen) atoms. The molecule has 0 aliphatic carbocycles. The minimum Gasteiger partial charge on any atom is -0.618 e. The summed E-state index contributed by atoms with van der Waals surface area (Å²) in [6.07, 6.45) is 3.04. The van der Waals surface area contributed by atoms with Crippen LogP contribution in [-0.4, -0.2) is 69.5 Å². The van der Waals surface area contributed by atoms with Crippen LogP contribution in [0.5, 0.6) is 5.75 Å². The number of aromatic nitrogens is 1. The average Bonchev–Trinajstić information content (AvgIpc) is 3.03. The highest BCUT2D eigenvalue weighted by atomic mass is 19.3. The number of nitrogens with one attached hydrogen (secondary N) is 1. The van der Waals surface area contributed by atoms with E-state index in [1.807, 2.05) is 13.0 Å². The summed E-state index contributed by atoms with van der Waals surface area (Å²) < 4.78 is 42.4. The number of carbonyl (C=O) groups excluding carboxylic acids is 1. The van der Waals surface area contributed by atoms with Gasteiger partial charge in [0.1, 0.15) is 6.54 Å². The van der Waals surface area contributed by atoms with E-state index in [1.54, 1.807) is 6.92 Å². The van der Waals surface area contributed by atoms with Crippen molar-refractivity contribution in [3.05, 3.63) is 81.8 Å². The Morgan fingerprint density at radius 2 is 1.76 bits per heavy atom. The van der Waals surface area contributed by atoms with Gasteiger partial charge in [-0.1, -0.05) is 24.3 Å². The zero-order chi connectivity index (χ0) is 31.9. The molecule has 5 rings (SSSR count). The predicted octanol–water partition coefficient (Wildman–Crippen LogP) is 4.97. The van der Waals surface area contributed by atoms with Gasteiger partial charge in [-0.15, -0.1) is 0 Å². The predicted molar refractivity (Wildman–Crippen MR) is 168 cm³/mol. The Bertz CT molecular complexity index is 1460. The van der Waals surface area contributed by atoms with Crippen LogP contribution in [-0.2, 0) is 22.6 Å². The van der Waals surface area contributed by atoms with E-state index < -0.39 is 12.5 Å². The second kappa shape index (κ2) is 15.0. The first kappa shape index (κ1) is 32.6. The largest absolute Gasteiger partial charge is 0.618 e. The summed E-state index contributed by atoms with van der Waals surface area (Å²) in [5.41, 5.74) is 5.64. The highest BCUT2D eigenvalue weighted by Gasteiger charge is 2.26. The topological polar surface area (TPSA) is 90.2 Å². The van der Waals surface area contributed by atoms with Crippen LogP contribution in [0.15, 0.2) is 48.7 Å². The number of carbonyl (C=O) groups is 1. The summed E-state index contributed by atoms with van der Waals surface area (Å²) >= 11 is 0. The quantitative estimate of drug-likeness (QED) is 0.238. The third-order valence-electron chi connectivity index (χ3n) is 8.57. The zero-order valence-corrected chi connectivity index (χ0v) is 26.2. The van der Waals surface area contributed by atoms with Crippen molar-refractivity contribution in [1.82, 2.24) is 10.2 Å². The number of benzene rings is 2. The van der Waals surface area contributed by atoms with Crippen molar-refractivity contribution >= 4 is 11.6 Å². The number of ether oxygens (including phenoxy) is 3. The smallest absolute Gasteiger partial charge is 0.387 e. The van der Waals surface area contributed by atoms with Crippen molar-refractivity contribution in [2.24, 2.45) is 0 Å². The first-order valence-corrected chi connectivity index (χ1v) is 15.6. The normalized spacial score (nSPS) is 16.1. The number of morpholine rings is 1. The molecule has 2 fully saturated rings. The number of nitrogens with zero attached hydrogens (tertiary/aromatic N) is 3.